The van der Waals surface area contributed by atoms with Gasteiger partial charge in [0.2, 0.25) is 11.8 Å². The van der Waals surface area contributed by atoms with Crippen LogP contribution in [0.25, 0.3) is 0 Å². The van der Waals surface area contributed by atoms with E-state index in [4.69, 9.17) is 0 Å². The molecule has 124 valence electrons. The van der Waals surface area contributed by atoms with E-state index in [2.05, 4.69) is 9.70 Å². The summed E-state index contributed by atoms with van der Waals surface area (Å²) in [7, 11) is -3.85. The molecule has 1 saturated carbocycles. The minimum Gasteiger partial charge on any atom is -0.385 e. The number of unbranched alkanes of at least 4 members (excludes halogenated alkanes) is 1. The lowest BCUT2D eigenvalue weighted by Gasteiger charge is -2.23. The zero-order chi connectivity index (χ0) is 16.5. The molecular formula is C13H18FNO6S. The Morgan fingerprint density at radius 1 is 1.45 bits per heavy atom. The number of imide groups is 1. The first-order valence-electron chi connectivity index (χ1n) is 7.03. The van der Waals surface area contributed by atoms with Crippen LogP contribution in [0.2, 0.25) is 0 Å². The highest BCUT2D eigenvalue weighted by Gasteiger charge is 2.63. The summed E-state index contributed by atoms with van der Waals surface area (Å²) >= 11 is 0. The van der Waals surface area contributed by atoms with Crippen LogP contribution in [0.3, 0.4) is 0 Å². The van der Waals surface area contributed by atoms with Crippen molar-refractivity contribution in [3.05, 3.63) is 12.2 Å². The van der Waals surface area contributed by atoms with E-state index in [0.29, 0.717) is 19.3 Å². The van der Waals surface area contributed by atoms with Gasteiger partial charge in [-0.2, -0.15) is 8.42 Å². The number of halogens is 1. The number of carbonyl (C=O) groups excluding carboxylic acids is 2. The molecule has 4 unspecified atom stereocenters. The summed E-state index contributed by atoms with van der Waals surface area (Å²) in [5, 5.41) is 12.3. The van der Waals surface area contributed by atoms with Crippen LogP contribution in [0, 0.1) is 17.8 Å². The van der Waals surface area contributed by atoms with Gasteiger partial charge in [0, 0.05) is 0 Å². The van der Waals surface area contributed by atoms with Crippen molar-refractivity contribution in [2.75, 3.05) is 5.75 Å². The Morgan fingerprint density at radius 2 is 2.14 bits per heavy atom. The van der Waals surface area contributed by atoms with Gasteiger partial charge in [0.1, 0.15) is 0 Å². The average molecular weight is 335 g/mol. The van der Waals surface area contributed by atoms with E-state index in [1.54, 1.807) is 6.08 Å². The van der Waals surface area contributed by atoms with E-state index in [0.717, 1.165) is 0 Å². The number of allylic oxidation sites excluding steroid dienone is 1. The Kier molecular flexibility index (Phi) is 4.69. The van der Waals surface area contributed by atoms with Gasteiger partial charge in [-0.05, 0) is 23.3 Å². The Bertz CT molecular complexity index is 604. The number of aliphatic hydroxyl groups is 1. The van der Waals surface area contributed by atoms with Crippen molar-refractivity contribution < 1.29 is 32.0 Å². The van der Waals surface area contributed by atoms with Crippen LogP contribution in [0.1, 0.15) is 26.2 Å². The molecule has 0 aromatic carbocycles. The summed E-state index contributed by atoms with van der Waals surface area (Å²) in [6.45, 7) is 1.81. The molecule has 22 heavy (non-hydrogen) atoms. The molecule has 2 N–H and O–H groups in total. The topological polar surface area (TPSA) is 110 Å². The average Bonchev–Trinajstić information content (AvgIpc) is 3.08. The zero-order valence-corrected chi connectivity index (χ0v) is 12.8. The van der Waals surface area contributed by atoms with E-state index in [1.807, 2.05) is 13.0 Å². The molecule has 4 atom stereocenters. The molecule has 1 saturated heterocycles. The van der Waals surface area contributed by atoms with Gasteiger partial charge in [-0.3, -0.25) is 14.9 Å². The van der Waals surface area contributed by atoms with Gasteiger partial charge < -0.3 is 5.11 Å². The van der Waals surface area contributed by atoms with Gasteiger partial charge in [0.15, 0.2) is 0 Å². The lowest BCUT2D eigenvalue weighted by molar-refractivity contribution is -0.128. The number of amides is 2. The third-order valence-electron chi connectivity index (χ3n) is 4.23. The fourth-order valence-electron chi connectivity index (χ4n) is 3.21. The smallest absolute Gasteiger partial charge is 0.297 e. The van der Waals surface area contributed by atoms with Crippen molar-refractivity contribution in [3.63, 3.8) is 0 Å². The number of nitrogens with one attached hydrogen (secondary N) is 1. The van der Waals surface area contributed by atoms with Crippen molar-refractivity contribution in [1.82, 2.24) is 5.32 Å². The zero-order valence-electron chi connectivity index (χ0n) is 12.0. The van der Waals surface area contributed by atoms with E-state index in [1.165, 1.54) is 0 Å². The van der Waals surface area contributed by atoms with Gasteiger partial charge >= 0.3 is 0 Å². The molecule has 0 aromatic heterocycles. The third kappa shape index (κ3) is 3.06. The molecule has 2 amide bonds. The Morgan fingerprint density at radius 3 is 2.68 bits per heavy atom. The number of rotatable bonds is 4. The quantitative estimate of drug-likeness (QED) is 0.561. The largest absolute Gasteiger partial charge is 0.385 e. The van der Waals surface area contributed by atoms with E-state index in [-0.39, 0.29) is 29.4 Å². The third-order valence-corrected chi connectivity index (χ3v) is 5.21. The van der Waals surface area contributed by atoms with Crippen LogP contribution >= 0.6 is 0 Å². The van der Waals surface area contributed by atoms with Gasteiger partial charge in [0.05, 0.1) is 23.2 Å². The number of fused-ring (bicyclic) bond motifs is 5. The molecule has 0 aromatic rings. The molecule has 2 fully saturated rings. The van der Waals surface area contributed by atoms with Crippen LogP contribution in [-0.2, 0) is 24.1 Å². The fraction of sp³-hybridized carbons (Fsp3) is 0.692. The summed E-state index contributed by atoms with van der Waals surface area (Å²) in [6.07, 6.45) is 5.19. The second-order valence-corrected chi connectivity index (χ2v) is 7.40. The predicted octanol–water partition coefficient (Wildman–Crippen LogP) is 0.213. The summed E-state index contributed by atoms with van der Waals surface area (Å²) in [4.78, 5) is 22.7. The number of hydrogen-bond donors (Lipinski definition) is 2. The minimum absolute atomic E-state index is 0.0569. The standard InChI is InChI=1S/C9H9NO3.C4H9FO3S/c11-7-5-4-1-2-9(13,3-4)6(5)8(12)10-7;1-2-3-4-9(6,7)8-5/h1-2,4-6,13H,3H2,(H,10,11,12);2-4H2,1H3. The molecule has 7 nitrogen and oxygen atoms in total. The van der Waals surface area contributed by atoms with E-state index < -0.39 is 21.6 Å². The fourth-order valence-corrected chi connectivity index (χ4v) is 3.92. The van der Waals surface area contributed by atoms with Crippen LogP contribution < -0.4 is 5.32 Å². The highest BCUT2D eigenvalue weighted by molar-refractivity contribution is 7.86. The highest BCUT2D eigenvalue weighted by atomic mass is 32.2. The molecule has 3 rings (SSSR count). The second-order valence-electron chi connectivity index (χ2n) is 5.75. The van der Waals surface area contributed by atoms with Crippen molar-refractivity contribution in [2.45, 2.75) is 31.8 Å². The highest BCUT2D eigenvalue weighted by Crippen LogP contribution is 2.52. The second kappa shape index (κ2) is 6.05. The maximum absolute atomic E-state index is 11.3. The Balaban J connectivity index is 0.000000175. The molecule has 1 heterocycles. The first-order chi connectivity index (χ1) is 10.2. The lowest BCUT2D eigenvalue weighted by atomic mass is 9.83. The van der Waals surface area contributed by atoms with Gasteiger partial charge in [-0.15, -0.1) is 0 Å². The first kappa shape index (κ1) is 17.0. The van der Waals surface area contributed by atoms with Crippen molar-refractivity contribution in [3.8, 4) is 0 Å². The molecule has 2 aliphatic carbocycles. The monoisotopic (exact) mass is 335 g/mol. The van der Waals surface area contributed by atoms with Gasteiger partial charge in [-0.1, -0.05) is 29.9 Å². The van der Waals surface area contributed by atoms with Crippen molar-refractivity contribution >= 4 is 21.9 Å². The van der Waals surface area contributed by atoms with Crippen LogP contribution in [0.15, 0.2) is 12.2 Å². The first-order valence-corrected chi connectivity index (χ1v) is 8.61. The SMILES string of the molecule is CCCCS(=O)(=O)OF.O=C1NC(=O)C2C1C1C=CC2(O)C1. The lowest BCUT2D eigenvalue weighted by Crippen LogP contribution is -2.37. The Hall–Kier alpha value is -1.32. The van der Waals surface area contributed by atoms with Crippen LogP contribution in [0.4, 0.5) is 4.53 Å². The Labute approximate surface area is 127 Å². The summed E-state index contributed by atoms with van der Waals surface area (Å²) < 4.78 is 34.0. The molecular weight excluding hydrogens is 317 g/mol. The van der Waals surface area contributed by atoms with Gasteiger partial charge in [0.25, 0.3) is 10.1 Å². The van der Waals surface area contributed by atoms with Crippen molar-refractivity contribution in [2.24, 2.45) is 17.8 Å². The maximum atomic E-state index is 11.3. The normalized spacial score (nSPS) is 35.1. The number of carbonyl (C=O) groups is 2. The molecule has 3 aliphatic rings. The van der Waals surface area contributed by atoms with Gasteiger partial charge in [-0.25, -0.2) is 0 Å². The van der Waals surface area contributed by atoms with E-state index in [9.17, 15) is 27.6 Å². The van der Waals surface area contributed by atoms with E-state index >= 15 is 0 Å². The number of hydrogen-bond acceptors (Lipinski definition) is 6. The molecule has 0 radical (unpaired) electrons. The minimum atomic E-state index is -3.85. The summed E-state index contributed by atoms with van der Waals surface area (Å²) in [6, 6.07) is 0. The molecule has 0 spiro atoms. The van der Waals surface area contributed by atoms with Crippen LogP contribution in [-0.4, -0.2) is 36.7 Å². The summed E-state index contributed by atoms with van der Waals surface area (Å²) in [5.74, 6) is -1.57. The molecule has 1 aliphatic heterocycles. The summed E-state index contributed by atoms with van der Waals surface area (Å²) in [5.41, 5.74) is -1.05. The van der Waals surface area contributed by atoms with Crippen LogP contribution in [0.5, 0.6) is 0 Å². The predicted molar refractivity (Wildman–Crippen MR) is 73.2 cm³/mol. The van der Waals surface area contributed by atoms with Crippen molar-refractivity contribution in [1.29, 1.82) is 0 Å². The maximum Gasteiger partial charge on any atom is 0.297 e. The molecule has 9 heteroatoms. The molecule has 2 bridgehead atoms.